The molecule has 3 heterocycles. The zero-order chi connectivity index (χ0) is 18.0. The Morgan fingerprint density at radius 2 is 2.20 bits per heavy atom. The number of carbonyl (C=O) groups excluding carboxylic acids is 1. The van der Waals surface area contributed by atoms with Crippen molar-refractivity contribution in [2.45, 2.75) is 44.4 Å². The molecule has 0 bridgehead atoms. The number of hydrogen-bond acceptors (Lipinski definition) is 5. The lowest BCUT2D eigenvalue weighted by Gasteiger charge is -2.26. The minimum Gasteiger partial charge on any atom is -0.350 e. The summed E-state index contributed by atoms with van der Waals surface area (Å²) in [4.78, 5) is 33.7. The number of hydrogen-bond donors (Lipinski definition) is 1. The fourth-order valence-electron chi connectivity index (χ4n) is 2.58. The predicted molar refractivity (Wildman–Crippen MR) is 97.5 cm³/mol. The average molecular weight is 358 g/mol. The van der Waals surface area contributed by atoms with Gasteiger partial charge < -0.3 is 5.32 Å². The molecule has 25 heavy (non-hydrogen) atoms. The van der Waals surface area contributed by atoms with Crippen molar-refractivity contribution in [2.75, 3.05) is 5.75 Å². The van der Waals surface area contributed by atoms with Crippen LogP contribution in [0, 0.1) is 5.92 Å². The quantitative estimate of drug-likeness (QED) is 0.849. The van der Waals surface area contributed by atoms with Crippen LogP contribution >= 0.6 is 11.8 Å². The Hall–Kier alpha value is -2.15. The van der Waals surface area contributed by atoms with E-state index in [2.05, 4.69) is 15.3 Å². The standard InChI is InChI=1S/C18H22N4O2S/c1-18(2,3)14-8-15(23)22-10-12(11-25-17(22)21-14)16(24)20-9-13-6-4-5-7-19-13/h4-8,12H,9-11H2,1-3H3,(H,20,24)/t12-/m1/s1. The number of aromatic nitrogens is 3. The molecule has 2 aromatic rings. The van der Waals surface area contributed by atoms with Crippen LogP contribution in [-0.4, -0.2) is 26.2 Å². The van der Waals surface area contributed by atoms with Gasteiger partial charge in [-0.2, -0.15) is 0 Å². The molecule has 0 unspecified atom stereocenters. The third-order valence-corrected chi connectivity index (χ3v) is 5.24. The molecule has 0 saturated heterocycles. The number of amides is 1. The summed E-state index contributed by atoms with van der Waals surface area (Å²) in [6, 6.07) is 7.18. The molecule has 1 amide bonds. The zero-order valence-corrected chi connectivity index (χ0v) is 15.5. The second kappa shape index (κ2) is 7.00. The van der Waals surface area contributed by atoms with Gasteiger partial charge in [0.2, 0.25) is 5.91 Å². The maximum absolute atomic E-state index is 12.4. The molecular weight excluding hydrogens is 336 g/mol. The third kappa shape index (κ3) is 4.10. The summed E-state index contributed by atoms with van der Waals surface area (Å²) in [6.45, 7) is 6.87. The summed E-state index contributed by atoms with van der Waals surface area (Å²) in [5, 5.41) is 3.60. The fourth-order valence-corrected chi connectivity index (χ4v) is 3.67. The zero-order valence-electron chi connectivity index (χ0n) is 14.7. The maximum Gasteiger partial charge on any atom is 0.254 e. The molecule has 132 valence electrons. The Kier molecular flexibility index (Phi) is 4.94. The van der Waals surface area contributed by atoms with Gasteiger partial charge in [-0.15, -0.1) is 0 Å². The molecule has 1 aliphatic heterocycles. The average Bonchev–Trinajstić information content (AvgIpc) is 2.59. The number of nitrogens with zero attached hydrogens (tertiary/aromatic N) is 3. The molecule has 3 rings (SSSR count). The molecule has 0 aliphatic carbocycles. The van der Waals surface area contributed by atoms with Crippen molar-refractivity contribution in [1.82, 2.24) is 19.9 Å². The molecule has 0 saturated carbocycles. The number of carbonyl (C=O) groups is 1. The first kappa shape index (κ1) is 17.7. The van der Waals surface area contributed by atoms with E-state index >= 15 is 0 Å². The first-order valence-corrected chi connectivity index (χ1v) is 9.26. The van der Waals surface area contributed by atoms with Gasteiger partial charge in [0.1, 0.15) is 0 Å². The second-order valence-corrected chi connectivity index (χ2v) is 8.16. The Balaban J connectivity index is 1.71. The van der Waals surface area contributed by atoms with E-state index in [-0.39, 0.29) is 22.8 Å². The minimum absolute atomic E-state index is 0.0596. The number of thioether (sulfide) groups is 1. The van der Waals surface area contributed by atoms with Crippen LogP contribution < -0.4 is 10.9 Å². The maximum atomic E-state index is 12.4. The number of nitrogens with one attached hydrogen (secondary N) is 1. The van der Waals surface area contributed by atoms with Crippen molar-refractivity contribution in [3.63, 3.8) is 0 Å². The molecule has 6 nitrogen and oxygen atoms in total. The summed E-state index contributed by atoms with van der Waals surface area (Å²) in [5.74, 6) is 0.311. The summed E-state index contributed by atoms with van der Waals surface area (Å²) < 4.78 is 1.61. The van der Waals surface area contributed by atoms with Crippen molar-refractivity contribution in [3.8, 4) is 0 Å². The molecular formula is C18H22N4O2S. The molecule has 0 spiro atoms. The summed E-state index contributed by atoms with van der Waals surface area (Å²) in [7, 11) is 0. The third-order valence-electron chi connectivity index (χ3n) is 4.10. The highest BCUT2D eigenvalue weighted by molar-refractivity contribution is 7.99. The van der Waals surface area contributed by atoms with Crippen molar-refractivity contribution in [3.05, 3.63) is 52.2 Å². The van der Waals surface area contributed by atoms with E-state index in [1.165, 1.54) is 11.8 Å². The van der Waals surface area contributed by atoms with Crippen LogP contribution in [0.25, 0.3) is 0 Å². The molecule has 2 aromatic heterocycles. The van der Waals surface area contributed by atoms with Gasteiger partial charge in [-0.3, -0.25) is 19.1 Å². The Morgan fingerprint density at radius 3 is 2.88 bits per heavy atom. The first-order chi connectivity index (χ1) is 11.8. The number of rotatable bonds is 3. The highest BCUT2D eigenvalue weighted by Gasteiger charge is 2.28. The Labute approximate surface area is 151 Å². The van der Waals surface area contributed by atoms with Crippen LogP contribution in [0.15, 0.2) is 40.4 Å². The van der Waals surface area contributed by atoms with E-state index in [9.17, 15) is 9.59 Å². The van der Waals surface area contributed by atoms with E-state index in [0.717, 1.165) is 11.4 Å². The van der Waals surface area contributed by atoms with E-state index < -0.39 is 0 Å². The molecule has 0 aromatic carbocycles. The van der Waals surface area contributed by atoms with Crippen molar-refractivity contribution >= 4 is 17.7 Å². The van der Waals surface area contributed by atoms with Crippen molar-refractivity contribution in [2.24, 2.45) is 5.92 Å². The lowest BCUT2D eigenvalue weighted by molar-refractivity contribution is -0.125. The molecule has 0 radical (unpaired) electrons. The van der Waals surface area contributed by atoms with Gasteiger partial charge in [0.05, 0.1) is 23.9 Å². The number of pyridine rings is 1. The van der Waals surface area contributed by atoms with Crippen molar-refractivity contribution in [1.29, 1.82) is 0 Å². The molecule has 1 aliphatic rings. The SMILES string of the molecule is CC(C)(C)c1cc(=O)n2c(n1)SC[C@H](C(=O)NCc1ccccn1)C2. The van der Waals surface area contributed by atoms with Crippen LogP contribution in [-0.2, 0) is 23.3 Å². The van der Waals surface area contributed by atoms with Crippen LogP contribution in [0.3, 0.4) is 0 Å². The monoisotopic (exact) mass is 358 g/mol. The summed E-state index contributed by atoms with van der Waals surface area (Å²) in [6.07, 6.45) is 1.70. The minimum atomic E-state index is -0.249. The fraction of sp³-hybridized carbons (Fsp3) is 0.444. The Bertz CT molecular complexity index is 827. The van der Waals surface area contributed by atoms with Gasteiger partial charge >= 0.3 is 0 Å². The van der Waals surface area contributed by atoms with Gasteiger partial charge in [0, 0.05) is 30.0 Å². The summed E-state index contributed by atoms with van der Waals surface area (Å²) >= 11 is 1.47. The Morgan fingerprint density at radius 1 is 1.40 bits per heavy atom. The van der Waals surface area contributed by atoms with Gasteiger partial charge in [-0.25, -0.2) is 4.98 Å². The largest absolute Gasteiger partial charge is 0.350 e. The molecule has 0 fully saturated rings. The first-order valence-electron chi connectivity index (χ1n) is 8.27. The molecule has 1 N–H and O–H groups in total. The van der Waals surface area contributed by atoms with Crippen LogP contribution in [0.5, 0.6) is 0 Å². The van der Waals surface area contributed by atoms with Crippen LogP contribution in [0.1, 0.15) is 32.2 Å². The van der Waals surface area contributed by atoms with E-state index in [1.807, 2.05) is 39.0 Å². The van der Waals surface area contributed by atoms with E-state index in [4.69, 9.17) is 0 Å². The van der Waals surface area contributed by atoms with Crippen LogP contribution in [0.2, 0.25) is 0 Å². The lowest BCUT2D eigenvalue weighted by atomic mass is 9.92. The topological polar surface area (TPSA) is 76.9 Å². The number of fused-ring (bicyclic) bond motifs is 1. The lowest BCUT2D eigenvalue weighted by Crippen LogP contribution is -2.40. The smallest absolute Gasteiger partial charge is 0.254 e. The highest BCUT2D eigenvalue weighted by Crippen LogP contribution is 2.28. The molecule has 7 heteroatoms. The van der Waals surface area contributed by atoms with E-state index in [1.54, 1.807) is 16.8 Å². The normalized spacial score (nSPS) is 17.0. The summed E-state index contributed by atoms with van der Waals surface area (Å²) in [5.41, 5.74) is 1.33. The highest BCUT2D eigenvalue weighted by atomic mass is 32.2. The van der Waals surface area contributed by atoms with Gasteiger partial charge in [0.25, 0.3) is 5.56 Å². The van der Waals surface area contributed by atoms with Gasteiger partial charge in [-0.05, 0) is 12.1 Å². The van der Waals surface area contributed by atoms with Gasteiger partial charge in [0.15, 0.2) is 5.16 Å². The molecule has 1 atom stereocenters. The van der Waals surface area contributed by atoms with Crippen LogP contribution in [0.4, 0.5) is 0 Å². The second-order valence-electron chi connectivity index (χ2n) is 7.17. The van der Waals surface area contributed by atoms with Gasteiger partial charge in [-0.1, -0.05) is 38.6 Å². The van der Waals surface area contributed by atoms with E-state index in [0.29, 0.717) is 24.0 Å². The van der Waals surface area contributed by atoms with Crippen molar-refractivity contribution < 1.29 is 4.79 Å². The predicted octanol–water partition coefficient (Wildman–Crippen LogP) is 1.97.